The van der Waals surface area contributed by atoms with Crippen LogP contribution < -0.4 is 26.8 Å². The second kappa shape index (κ2) is 20.1. The number of hydrogen-bond donors (Lipinski definition) is 4. The van der Waals surface area contributed by atoms with Crippen LogP contribution in [0.15, 0.2) is 59.7 Å². The van der Waals surface area contributed by atoms with Gasteiger partial charge in [0.25, 0.3) is 11.8 Å². The van der Waals surface area contributed by atoms with Crippen LogP contribution in [0.2, 0.25) is 0 Å². The molecule has 0 radical (unpaired) electrons. The highest BCUT2D eigenvalue weighted by molar-refractivity contribution is 7.98. The lowest BCUT2D eigenvalue weighted by atomic mass is 10.1. The molecular weight excluding hydrogens is 867 g/mol. The van der Waals surface area contributed by atoms with Gasteiger partial charge in [-0.05, 0) is 77.1 Å². The van der Waals surface area contributed by atoms with Gasteiger partial charge in [-0.1, -0.05) is 25.7 Å². The molecule has 6 aromatic rings. The third-order valence-corrected chi connectivity index (χ3v) is 12.9. The van der Waals surface area contributed by atoms with E-state index in [-0.39, 0.29) is 36.5 Å². The number of rotatable bonds is 19. The predicted octanol–water partition coefficient (Wildman–Crippen LogP) is 5.84. The molecule has 20 heteroatoms. The van der Waals surface area contributed by atoms with Crippen LogP contribution in [0, 0.1) is 13.8 Å². The number of benzene rings is 2. The van der Waals surface area contributed by atoms with E-state index in [2.05, 4.69) is 37.1 Å². The molecule has 65 heavy (non-hydrogen) atoms. The molecule has 0 atom stereocenters. The molecule has 0 saturated carbocycles. The van der Waals surface area contributed by atoms with Crippen LogP contribution >= 0.6 is 23.1 Å². The summed E-state index contributed by atoms with van der Waals surface area (Å²) in [5.74, 6) is -1.11. The first kappa shape index (κ1) is 46.5. The van der Waals surface area contributed by atoms with Crippen molar-refractivity contribution in [3.63, 3.8) is 0 Å². The minimum Gasteiger partial charge on any atom is -0.491 e. The van der Waals surface area contributed by atoms with Gasteiger partial charge in [-0.25, -0.2) is 15.0 Å². The third-order valence-electron chi connectivity index (χ3n) is 11.2. The summed E-state index contributed by atoms with van der Waals surface area (Å²) >= 11 is 2.74. The summed E-state index contributed by atoms with van der Waals surface area (Å²) in [5.41, 5.74) is 17.0. The lowest BCUT2D eigenvalue weighted by molar-refractivity contribution is 0.0991. The summed E-state index contributed by atoms with van der Waals surface area (Å²) < 4.78 is 11.8. The van der Waals surface area contributed by atoms with Crippen LogP contribution in [0.4, 0.5) is 11.9 Å². The van der Waals surface area contributed by atoms with Crippen molar-refractivity contribution in [2.24, 2.45) is 11.5 Å². The number of carbonyl (C=O) groups is 4. The maximum Gasteiger partial charge on any atom is 0.276 e. The summed E-state index contributed by atoms with van der Waals surface area (Å²) in [7, 11) is 0. The second-order valence-electron chi connectivity index (χ2n) is 15.7. The van der Waals surface area contributed by atoms with Crippen molar-refractivity contribution in [1.82, 2.24) is 43.7 Å². The number of nitrogens with zero attached hydrogens (tertiary/aromatic N) is 9. The Morgan fingerprint density at radius 3 is 2.08 bits per heavy atom. The Bertz CT molecular complexity index is 2830. The number of aromatic nitrogens is 7. The van der Waals surface area contributed by atoms with Crippen LogP contribution in [-0.2, 0) is 26.1 Å². The number of hydrogen-bond acceptors (Lipinski definition) is 13. The Hall–Kier alpha value is -6.51. The van der Waals surface area contributed by atoms with E-state index in [9.17, 15) is 19.2 Å². The molecule has 1 saturated heterocycles. The molecule has 0 unspecified atom stereocenters. The molecule has 1 fully saturated rings. The minimum atomic E-state index is -0.645. The Labute approximate surface area is 385 Å². The highest BCUT2D eigenvalue weighted by Gasteiger charge is 2.24. The Morgan fingerprint density at radius 1 is 0.862 bits per heavy atom. The number of ether oxygens (including phenoxy) is 1. The van der Waals surface area contributed by atoms with Gasteiger partial charge in [0.15, 0.2) is 0 Å². The van der Waals surface area contributed by atoms with E-state index >= 15 is 0 Å². The lowest BCUT2D eigenvalue weighted by Crippen LogP contribution is -2.45. The van der Waals surface area contributed by atoms with E-state index in [1.807, 2.05) is 62.2 Å². The maximum atomic E-state index is 13.9. The molecule has 0 spiro atoms. The third kappa shape index (κ3) is 10.2. The molecular formula is C45H55N13O5S2. The number of amides is 4. The number of thioether (sulfide) groups is 1. The zero-order valence-corrected chi connectivity index (χ0v) is 39.2. The fourth-order valence-corrected chi connectivity index (χ4v) is 9.48. The monoisotopic (exact) mass is 921 g/mol. The number of imidazole rings is 2. The molecule has 6 N–H and O–H groups in total. The van der Waals surface area contributed by atoms with Crippen molar-refractivity contribution in [1.29, 1.82) is 0 Å². The molecule has 342 valence electrons. The van der Waals surface area contributed by atoms with E-state index in [0.717, 1.165) is 54.7 Å². The molecule has 2 aromatic carbocycles. The number of nitrogens with one attached hydrogen (secondary N) is 2. The van der Waals surface area contributed by atoms with E-state index in [0.29, 0.717) is 74.9 Å². The Morgan fingerprint density at radius 2 is 1.48 bits per heavy atom. The van der Waals surface area contributed by atoms with Gasteiger partial charge in [0.2, 0.25) is 23.7 Å². The molecule has 5 heterocycles. The van der Waals surface area contributed by atoms with E-state index < -0.39 is 17.7 Å². The summed E-state index contributed by atoms with van der Waals surface area (Å²) in [4.78, 5) is 72.7. The highest BCUT2D eigenvalue weighted by Crippen LogP contribution is 2.34. The fraction of sp³-hybridized carbons (Fsp3) is 0.378. The van der Waals surface area contributed by atoms with Crippen molar-refractivity contribution in [2.75, 3.05) is 56.2 Å². The molecule has 0 bridgehead atoms. The largest absolute Gasteiger partial charge is 0.491 e. The SMILES string of the molecule is C=C(C)N1CCN(CCCOc2cc(C(N)=O)cc3nc(NC(=O)c4cc(C)nn4CC)n(C/C=C/Cn4c(NC(=O)c5sc(C)nc5CC)nc5cc(C(N)=O)cc(SC)c54)c23)CC1. The van der Waals surface area contributed by atoms with Crippen LogP contribution in [0.25, 0.3) is 22.1 Å². The van der Waals surface area contributed by atoms with Gasteiger partial charge in [0.1, 0.15) is 21.8 Å². The van der Waals surface area contributed by atoms with E-state index in [4.69, 9.17) is 26.2 Å². The summed E-state index contributed by atoms with van der Waals surface area (Å²) in [6.07, 6.45) is 7.02. The molecule has 7 rings (SSSR count). The first-order valence-electron chi connectivity index (χ1n) is 21.5. The van der Waals surface area contributed by atoms with Gasteiger partial charge in [-0.15, -0.1) is 23.1 Å². The van der Waals surface area contributed by atoms with Crippen molar-refractivity contribution >= 4 is 80.7 Å². The van der Waals surface area contributed by atoms with E-state index in [1.165, 1.54) is 23.1 Å². The Balaban J connectivity index is 1.23. The van der Waals surface area contributed by atoms with Crippen LogP contribution in [0.5, 0.6) is 5.75 Å². The molecule has 1 aliphatic heterocycles. The van der Waals surface area contributed by atoms with Gasteiger partial charge in [-0.3, -0.25) is 39.4 Å². The highest BCUT2D eigenvalue weighted by atomic mass is 32.2. The van der Waals surface area contributed by atoms with Crippen LogP contribution in [0.1, 0.15) is 84.5 Å². The number of nitrogens with two attached hydrogens (primary N) is 2. The molecule has 4 amide bonds. The number of piperazine rings is 1. The zero-order chi connectivity index (χ0) is 46.5. The van der Waals surface area contributed by atoms with Crippen molar-refractivity contribution < 1.29 is 23.9 Å². The van der Waals surface area contributed by atoms with Gasteiger partial charge in [0.05, 0.1) is 39.6 Å². The lowest BCUT2D eigenvalue weighted by Gasteiger charge is -2.36. The standard InChI is InChI=1S/C45H55N13O5S2/c1-8-31-39(65-28(6)48-31)43(62)52-45-50-33-23-30(41(47)60)25-36(64-7)38(33)57(45)15-11-10-14-56-37-32(49-44(56)51-42(61)34-21-27(5)53-58(34)9-2)22-29(40(46)59)24-35(37)63-20-12-13-54-16-18-55(19-17-54)26(3)4/h10-11,21-25H,3,8-9,12-20H2,1-2,4-7H3,(H2,46,59)(H2,47,60)(H,49,51,61)(H,50,52,62)/b11-10+. The smallest absolute Gasteiger partial charge is 0.276 e. The number of allylic oxidation sites excluding steroid dienone is 3. The number of aryl methyl sites for hydroxylation is 4. The average molecular weight is 922 g/mol. The molecule has 18 nitrogen and oxygen atoms in total. The van der Waals surface area contributed by atoms with Crippen molar-refractivity contribution in [3.8, 4) is 5.75 Å². The Kier molecular flexibility index (Phi) is 14.4. The number of carbonyl (C=O) groups excluding carboxylic acids is 4. The number of fused-ring (bicyclic) bond motifs is 2. The van der Waals surface area contributed by atoms with Crippen molar-refractivity contribution in [3.05, 3.63) is 92.9 Å². The fourth-order valence-electron chi connectivity index (χ4n) is 7.92. The molecule has 4 aromatic heterocycles. The number of thiazole rings is 1. The topological polar surface area (TPSA) is 226 Å². The quantitative estimate of drug-likeness (QED) is 0.0427. The van der Waals surface area contributed by atoms with Crippen molar-refractivity contribution in [2.45, 2.75) is 72.0 Å². The first-order chi connectivity index (χ1) is 31.2. The van der Waals surface area contributed by atoms with Gasteiger partial charge in [-0.2, -0.15) is 5.10 Å². The number of primary amides is 2. The van der Waals surface area contributed by atoms with E-state index in [1.54, 1.807) is 35.0 Å². The normalized spacial score (nSPS) is 13.3. The number of anilines is 2. The summed E-state index contributed by atoms with van der Waals surface area (Å²) in [6, 6.07) is 8.25. The summed E-state index contributed by atoms with van der Waals surface area (Å²) in [5, 5.41) is 11.2. The molecule has 1 aliphatic rings. The minimum absolute atomic E-state index is 0.201. The second-order valence-corrected chi connectivity index (χ2v) is 17.8. The van der Waals surface area contributed by atoms with Gasteiger partial charge >= 0.3 is 0 Å². The average Bonchev–Trinajstić information content (AvgIpc) is 4.05. The predicted molar refractivity (Wildman–Crippen MR) is 255 cm³/mol. The van der Waals surface area contributed by atoms with Gasteiger partial charge in [0, 0.05) is 74.1 Å². The van der Waals surface area contributed by atoms with Crippen LogP contribution in [0.3, 0.4) is 0 Å². The summed E-state index contributed by atoms with van der Waals surface area (Å²) in [6.45, 7) is 19.4. The van der Waals surface area contributed by atoms with Crippen LogP contribution in [-0.4, -0.2) is 113 Å². The van der Waals surface area contributed by atoms with Gasteiger partial charge < -0.3 is 30.2 Å². The molecule has 0 aliphatic carbocycles. The first-order valence-corrected chi connectivity index (χ1v) is 23.5. The zero-order valence-electron chi connectivity index (χ0n) is 37.6. The maximum absolute atomic E-state index is 13.9.